The van der Waals surface area contributed by atoms with Gasteiger partial charge in [0.05, 0.1) is 0 Å². The summed E-state index contributed by atoms with van der Waals surface area (Å²) in [6, 6.07) is 2.01. The van der Waals surface area contributed by atoms with Crippen LogP contribution in [0, 0.1) is 0 Å². The fourth-order valence-electron chi connectivity index (χ4n) is 2.05. The minimum absolute atomic E-state index is 0.175. The first-order valence-corrected chi connectivity index (χ1v) is 4.71. The summed E-state index contributed by atoms with van der Waals surface area (Å²) >= 11 is 0. The lowest BCUT2D eigenvalue weighted by Gasteiger charge is -2.26. The number of hydrogen-bond acceptors (Lipinski definition) is 3. The van der Waals surface area contributed by atoms with Crippen molar-refractivity contribution in [1.29, 1.82) is 0 Å². The first kappa shape index (κ1) is 8.63. The summed E-state index contributed by atoms with van der Waals surface area (Å²) in [7, 11) is 0. The summed E-state index contributed by atoms with van der Waals surface area (Å²) in [6.07, 6.45) is 4.62. The van der Waals surface area contributed by atoms with Gasteiger partial charge in [-0.15, -0.1) is 0 Å². The van der Waals surface area contributed by atoms with Gasteiger partial charge in [-0.05, 0) is 32.9 Å². The number of aromatic nitrogens is 2. The normalized spacial score (nSPS) is 26.2. The van der Waals surface area contributed by atoms with Crippen LogP contribution in [0.4, 0.5) is 0 Å². The first-order valence-electron chi connectivity index (χ1n) is 4.71. The Morgan fingerprint density at radius 3 is 2.92 bits per heavy atom. The van der Waals surface area contributed by atoms with Crippen LogP contribution in [-0.2, 0) is 0 Å². The number of rotatable bonds is 1. The Hall–Kier alpha value is -0.960. The summed E-state index contributed by atoms with van der Waals surface area (Å²) in [5.74, 6) is 0.524. The second-order valence-corrected chi connectivity index (χ2v) is 4.12. The lowest BCUT2D eigenvalue weighted by atomic mass is 9.86. The molecule has 0 saturated carbocycles. The van der Waals surface area contributed by atoms with E-state index in [1.54, 1.807) is 6.33 Å². The molecule has 1 aliphatic rings. The highest BCUT2D eigenvalue weighted by molar-refractivity contribution is 5.15. The molecule has 1 N–H and O–H groups in total. The fourth-order valence-corrected chi connectivity index (χ4v) is 2.05. The van der Waals surface area contributed by atoms with Crippen molar-refractivity contribution < 1.29 is 0 Å². The van der Waals surface area contributed by atoms with E-state index in [0.717, 1.165) is 12.2 Å². The second-order valence-electron chi connectivity index (χ2n) is 4.12. The average Bonchev–Trinajstić information content (AvgIpc) is 2.47. The molecule has 0 aliphatic carbocycles. The molecule has 1 atom stereocenters. The maximum Gasteiger partial charge on any atom is 0.115 e. The van der Waals surface area contributed by atoms with E-state index in [2.05, 4.69) is 29.1 Å². The summed E-state index contributed by atoms with van der Waals surface area (Å²) < 4.78 is 0. The van der Waals surface area contributed by atoms with E-state index in [4.69, 9.17) is 0 Å². The van der Waals surface area contributed by atoms with E-state index in [1.807, 2.05) is 12.3 Å². The van der Waals surface area contributed by atoms with Crippen LogP contribution >= 0.6 is 0 Å². The minimum Gasteiger partial charge on any atom is -0.311 e. The van der Waals surface area contributed by atoms with Gasteiger partial charge < -0.3 is 5.32 Å². The monoisotopic (exact) mass is 177 g/mol. The molecule has 0 aromatic carbocycles. The van der Waals surface area contributed by atoms with E-state index < -0.39 is 0 Å². The summed E-state index contributed by atoms with van der Waals surface area (Å²) in [5.41, 5.74) is 1.33. The molecule has 1 aliphatic heterocycles. The maximum atomic E-state index is 4.31. The quantitative estimate of drug-likeness (QED) is 0.703. The van der Waals surface area contributed by atoms with Crippen LogP contribution < -0.4 is 5.32 Å². The molecule has 0 radical (unpaired) electrons. The molecular formula is C10H15N3. The Morgan fingerprint density at radius 1 is 1.54 bits per heavy atom. The molecule has 0 bridgehead atoms. The molecule has 1 saturated heterocycles. The highest BCUT2D eigenvalue weighted by atomic mass is 15.0. The van der Waals surface area contributed by atoms with Gasteiger partial charge in [0.2, 0.25) is 0 Å². The van der Waals surface area contributed by atoms with E-state index in [9.17, 15) is 0 Å². The predicted octanol–water partition coefficient (Wildman–Crippen LogP) is 1.33. The largest absolute Gasteiger partial charge is 0.311 e. The first-order chi connectivity index (χ1) is 6.20. The zero-order chi connectivity index (χ0) is 9.31. The van der Waals surface area contributed by atoms with Crippen LogP contribution in [-0.4, -0.2) is 22.1 Å². The van der Waals surface area contributed by atoms with Crippen molar-refractivity contribution in [1.82, 2.24) is 15.3 Å². The lowest BCUT2D eigenvalue weighted by molar-refractivity contribution is 0.405. The van der Waals surface area contributed by atoms with Crippen LogP contribution in [0.25, 0.3) is 0 Å². The van der Waals surface area contributed by atoms with Crippen molar-refractivity contribution in [2.75, 3.05) is 6.54 Å². The molecule has 1 unspecified atom stereocenters. The Bertz CT molecular complexity index is 281. The van der Waals surface area contributed by atoms with E-state index in [1.165, 1.54) is 6.42 Å². The van der Waals surface area contributed by atoms with Crippen molar-refractivity contribution in [2.45, 2.75) is 31.7 Å². The SMILES string of the molecule is CC1(C)NCCC1c1ccncn1. The zero-order valence-corrected chi connectivity index (χ0v) is 8.12. The zero-order valence-electron chi connectivity index (χ0n) is 8.12. The van der Waals surface area contributed by atoms with Crippen LogP contribution in [0.1, 0.15) is 31.9 Å². The molecule has 3 nitrogen and oxygen atoms in total. The standard InChI is InChI=1S/C10H15N3/c1-10(2)8(3-6-13-10)9-4-5-11-7-12-9/h4-5,7-8,13H,3,6H2,1-2H3. The number of nitrogens with zero attached hydrogens (tertiary/aromatic N) is 2. The Labute approximate surface area is 78.6 Å². The van der Waals surface area contributed by atoms with Crippen molar-refractivity contribution >= 4 is 0 Å². The molecule has 0 spiro atoms. The van der Waals surface area contributed by atoms with Crippen LogP contribution in [0.5, 0.6) is 0 Å². The van der Waals surface area contributed by atoms with Crippen molar-refractivity contribution in [3.8, 4) is 0 Å². The molecule has 0 amide bonds. The molecule has 1 fully saturated rings. The maximum absolute atomic E-state index is 4.31. The van der Waals surface area contributed by atoms with Crippen LogP contribution in [0.2, 0.25) is 0 Å². The van der Waals surface area contributed by atoms with E-state index in [-0.39, 0.29) is 5.54 Å². The summed E-state index contributed by atoms with van der Waals surface area (Å²) in [4.78, 5) is 8.24. The van der Waals surface area contributed by atoms with Gasteiger partial charge in [-0.25, -0.2) is 9.97 Å². The minimum atomic E-state index is 0.175. The van der Waals surface area contributed by atoms with Crippen molar-refractivity contribution in [3.05, 3.63) is 24.3 Å². The van der Waals surface area contributed by atoms with Gasteiger partial charge in [0.15, 0.2) is 0 Å². The molecule has 70 valence electrons. The van der Waals surface area contributed by atoms with Gasteiger partial charge in [0, 0.05) is 23.3 Å². The van der Waals surface area contributed by atoms with Gasteiger partial charge in [0.25, 0.3) is 0 Å². The summed E-state index contributed by atoms with van der Waals surface area (Å²) in [5, 5.41) is 3.48. The smallest absolute Gasteiger partial charge is 0.115 e. The van der Waals surface area contributed by atoms with Crippen molar-refractivity contribution in [2.24, 2.45) is 0 Å². The number of hydrogen-bond donors (Lipinski definition) is 1. The van der Waals surface area contributed by atoms with Gasteiger partial charge >= 0.3 is 0 Å². The Kier molecular flexibility index (Phi) is 2.04. The number of nitrogens with one attached hydrogen (secondary N) is 1. The second kappa shape index (κ2) is 3.07. The Morgan fingerprint density at radius 2 is 2.38 bits per heavy atom. The topological polar surface area (TPSA) is 37.8 Å². The third kappa shape index (κ3) is 1.56. The molecule has 13 heavy (non-hydrogen) atoms. The summed E-state index contributed by atoms with van der Waals surface area (Å²) in [6.45, 7) is 5.54. The van der Waals surface area contributed by atoms with E-state index in [0.29, 0.717) is 5.92 Å². The molecule has 1 aromatic rings. The molecule has 1 aromatic heterocycles. The van der Waals surface area contributed by atoms with Crippen LogP contribution in [0.15, 0.2) is 18.6 Å². The third-order valence-electron chi connectivity index (χ3n) is 2.85. The van der Waals surface area contributed by atoms with Gasteiger partial charge in [-0.3, -0.25) is 0 Å². The van der Waals surface area contributed by atoms with E-state index >= 15 is 0 Å². The lowest BCUT2D eigenvalue weighted by Crippen LogP contribution is -2.37. The molecule has 3 heteroatoms. The van der Waals surface area contributed by atoms with Crippen molar-refractivity contribution in [3.63, 3.8) is 0 Å². The van der Waals surface area contributed by atoms with Gasteiger partial charge in [-0.2, -0.15) is 0 Å². The molecular weight excluding hydrogens is 162 g/mol. The van der Waals surface area contributed by atoms with Gasteiger partial charge in [-0.1, -0.05) is 0 Å². The predicted molar refractivity (Wildman–Crippen MR) is 51.5 cm³/mol. The average molecular weight is 177 g/mol. The third-order valence-corrected chi connectivity index (χ3v) is 2.85. The highest BCUT2D eigenvalue weighted by Gasteiger charge is 2.35. The highest BCUT2D eigenvalue weighted by Crippen LogP contribution is 2.33. The molecule has 2 rings (SSSR count). The van der Waals surface area contributed by atoms with Crippen LogP contribution in [0.3, 0.4) is 0 Å². The Balaban J connectivity index is 2.27. The van der Waals surface area contributed by atoms with Gasteiger partial charge in [0.1, 0.15) is 6.33 Å². The fraction of sp³-hybridized carbons (Fsp3) is 0.600. The molecule has 2 heterocycles.